The SMILES string of the molecule is BCCC(P(CC)CC)P(CC)CC. The van der Waals surface area contributed by atoms with Crippen molar-refractivity contribution in [3.63, 3.8) is 0 Å². The molecule has 14 heavy (non-hydrogen) atoms. The van der Waals surface area contributed by atoms with Gasteiger partial charge in [0.15, 0.2) is 0 Å². The average molecular weight is 232 g/mol. The molecule has 3 heteroatoms. The maximum Gasteiger partial charge on any atom is 0.101 e. The molecule has 0 amide bonds. The Hall–Kier alpha value is 0.925. The highest BCUT2D eigenvalue weighted by Crippen LogP contribution is 2.59. The lowest BCUT2D eigenvalue weighted by Gasteiger charge is -2.32. The van der Waals surface area contributed by atoms with E-state index in [4.69, 9.17) is 0 Å². The van der Waals surface area contributed by atoms with Gasteiger partial charge in [-0.05, 0) is 36.5 Å². The monoisotopic (exact) mass is 232 g/mol. The third kappa shape index (κ3) is 4.63. The summed E-state index contributed by atoms with van der Waals surface area (Å²) in [4.78, 5) is 0. The van der Waals surface area contributed by atoms with Crippen molar-refractivity contribution in [3.8, 4) is 0 Å². The molecule has 0 aromatic heterocycles. The van der Waals surface area contributed by atoms with E-state index in [1.54, 1.807) is 0 Å². The molecule has 0 bridgehead atoms. The van der Waals surface area contributed by atoms with E-state index in [9.17, 15) is 0 Å². The zero-order chi connectivity index (χ0) is 11.0. The van der Waals surface area contributed by atoms with E-state index in [2.05, 4.69) is 35.5 Å². The van der Waals surface area contributed by atoms with Gasteiger partial charge in [0.05, 0.1) is 0 Å². The van der Waals surface area contributed by atoms with Crippen LogP contribution in [0, 0.1) is 0 Å². The molecule has 0 spiro atoms. The van der Waals surface area contributed by atoms with Crippen molar-refractivity contribution in [2.24, 2.45) is 0 Å². The van der Waals surface area contributed by atoms with Gasteiger partial charge in [-0.15, -0.1) is 0 Å². The number of hydrogen-bond donors (Lipinski definition) is 0. The van der Waals surface area contributed by atoms with Gasteiger partial charge < -0.3 is 0 Å². The first-order valence-electron chi connectivity index (χ1n) is 6.23. The van der Waals surface area contributed by atoms with Crippen molar-refractivity contribution in [3.05, 3.63) is 0 Å². The van der Waals surface area contributed by atoms with Gasteiger partial charge in [0, 0.05) is 0 Å². The van der Waals surface area contributed by atoms with Crippen LogP contribution >= 0.6 is 15.8 Å². The summed E-state index contributed by atoms with van der Waals surface area (Å²) in [5, 5.41) is 1.12. The van der Waals surface area contributed by atoms with Crippen molar-refractivity contribution in [1.82, 2.24) is 0 Å². The molecule has 0 fully saturated rings. The number of rotatable bonds is 8. The molecule has 0 aromatic rings. The first-order valence-corrected chi connectivity index (χ1v) is 9.79. The van der Waals surface area contributed by atoms with Gasteiger partial charge in [0.25, 0.3) is 0 Å². The Balaban J connectivity index is 4.36. The molecule has 0 N–H and O–H groups in total. The van der Waals surface area contributed by atoms with Crippen LogP contribution in [0.25, 0.3) is 0 Å². The summed E-state index contributed by atoms with van der Waals surface area (Å²) in [5.74, 6) is 0. The maximum absolute atomic E-state index is 2.40. The van der Waals surface area contributed by atoms with Crippen molar-refractivity contribution in [1.29, 1.82) is 0 Å². The Kier molecular flexibility index (Phi) is 9.78. The van der Waals surface area contributed by atoms with Crippen LogP contribution in [-0.4, -0.2) is 37.9 Å². The summed E-state index contributed by atoms with van der Waals surface area (Å²) in [7, 11) is 3.06. The van der Waals surface area contributed by atoms with Crippen LogP contribution in [-0.2, 0) is 0 Å². The smallest absolute Gasteiger partial charge is 0.0997 e. The van der Waals surface area contributed by atoms with E-state index in [-0.39, 0.29) is 0 Å². The van der Waals surface area contributed by atoms with Gasteiger partial charge >= 0.3 is 0 Å². The molecule has 0 aliphatic rings. The fraction of sp³-hybridized carbons (Fsp3) is 1.00. The summed E-state index contributed by atoms with van der Waals surface area (Å²) in [6, 6.07) is 0. The van der Waals surface area contributed by atoms with Gasteiger partial charge in [-0.25, -0.2) is 0 Å². The Morgan fingerprint density at radius 1 is 0.857 bits per heavy atom. The third-order valence-corrected chi connectivity index (χ3v) is 10.4. The molecule has 0 heterocycles. The van der Waals surface area contributed by atoms with E-state index in [1.807, 2.05) is 0 Å². The average Bonchev–Trinajstić information content (AvgIpc) is 2.21. The Morgan fingerprint density at radius 3 is 1.43 bits per heavy atom. The zero-order valence-electron chi connectivity index (χ0n) is 10.7. The highest BCUT2D eigenvalue weighted by atomic mass is 31.2. The molecule has 0 radical (unpaired) electrons. The largest absolute Gasteiger partial charge is 0.101 e. The maximum atomic E-state index is 2.40. The fourth-order valence-corrected chi connectivity index (χ4v) is 9.78. The molecule has 0 saturated carbocycles. The van der Waals surface area contributed by atoms with Crippen LogP contribution in [0.1, 0.15) is 34.1 Å². The van der Waals surface area contributed by atoms with Gasteiger partial charge in [-0.1, -0.05) is 49.9 Å². The van der Waals surface area contributed by atoms with Crippen LogP contribution < -0.4 is 0 Å². The van der Waals surface area contributed by atoms with Gasteiger partial charge in [-0.3, -0.25) is 0 Å². The van der Waals surface area contributed by atoms with Crippen molar-refractivity contribution in [2.45, 2.75) is 45.8 Å². The Morgan fingerprint density at radius 2 is 1.21 bits per heavy atom. The fourth-order valence-electron chi connectivity index (χ4n) is 2.14. The third-order valence-electron chi connectivity index (χ3n) is 3.01. The van der Waals surface area contributed by atoms with Crippen LogP contribution in [0.3, 0.4) is 0 Å². The molecular formula is C11H27BP2. The topological polar surface area (TPSA) is 0 Å². The van der Waals surface area contributed by atoms with Gasteiger partial charge in [0.2, 0.25) is 0 Å². The first kappa shape index (κ1) is 14.9. The van der Waals surface area contributed by atoms with Crippen molar-refractivity contribution in [2.75, 3.05) is 24.6 Å². The van der Waals surface area contributed by atoms with Gasteiger partial charge in [-0.2, -0.15) is 0 Å². The Labute approximate surface area is 94.5 Å². The lowest BCUT2D eigenvalue weighted by atomic mass is 10.0. The van der Waals surface area contributed by atoms with Crippen LogP contribution in [0.2, 0.25) is 6.32 Å². The summed E-state index contributed by atoms with van der Waals surface area (Å²) in [6.45, 7) is 9.60. The Bertz CT molecular complexity index is 110. The summed E-state index contributed by atoms with van der Waals surface area (Å²) >= 11 is 0. The number of hydrogen-bond acceptors (Lipinski definition) is 0. The van der Waals surface area contributed by atoms with E-state index < -0.39 is 0 Å². The van der Waals surface area contributed by atoms with Crippen LogP contribution in [0.5, 0.6) is 0 Å². The van der Waals surface area contributed by atoms with Gasteiger partial charge in [0.1, 0.15) is 7.85 Å². The van der Waals surface area contributed by atoms with Crippen LogP contribution in [0.15, 0.2) is 0 Å². The van der Waals surface area contributed by atoms with E-state index in [0.717, 1.165) is 5.40 Å². The van der Waals surface area contributed by atoms with Crippen LogP contribution in [0.4, 0.5) is 0 Å². The van der Waals surface area contributed by atoms with Crippen molar-refractivity contribution < 1.29 is 0 Å². The predicted molar refractivity (Wildman–Crippen MR) is 77.8 cm³/mol. The molecule has 0 atom stereocenters. The summed E-state index contributed by atoms with van der Waals surface area (Å²) in [6.07, 6.45) is 8.71. The first-order chi connectivity index (χ1) is 6.74. The molecular weight excluding hydrogens is 205 g/mol. The summed E-state index contributed by atoms with van der Waals surface area (Å²) < 4.78 is 0. The quantitative estimate of drug-likeness (QED) is 0.441. The lowest BCUT2D eigenvalue weighted by Crippen LogP contribution is -2.09. The van der Waals surface area contributed by atoms with E-state index in [1.165, 1.54) is 37.4 Å². The molecule has 0 nitrogen and oxygen atoms in total. The standard InChI is InChI=1S/C11H27BP2/c1-5-13(6-2)11(9-10-12)14(7-3)8-4/h11H,5-10,12H2,1-4H3. The highest BCUT2D eigenvalue weighted by molar-refractivity contribution is 7.75. The molecule has 0 aliphatic heterocycles. The highest BCUT2D eigenvalue weighted by Gasteiger charge is 2.23. The lowest BCUT2D eigenvalue weighted by molar-refractivity contribution is 1.01. The molecule has 0 aliphatic carbocycles. The molecule has 0 aromatic carbocycles. The molecule has 0 unspecified atom stereocenters. The van der Waals surface area contributed by atoms with E-state index in [0.29, 0.717) is 15.8 Å². The minimum absolute atomic E-state index is 0.352. The minimum Gasteiger partial charge on any atom is -0.0997 e. The summed E-state index contributed by atoms with van der Waals surface area (Å²) in [5.41, 5.74) is 0. The molecule has 84 valence electrons. The normalized spacial score (nSPS) is 11.9. The predicted octanol–water partition coefficient (Wildman–Crippen LogP) is 3.80. The second-order valence-electron chi connectivity index (χ2n) is 3.71. The minimum atomic E-state index is 0.352. The molecule has 0 saturated heterocycles. The zero-order valence-corrected chi connectivity index (χ0v) is 12.5. The molecule has 0 rings (SSSR count). The van der Waals surface area contributed by atoms with E-state index >= 15 is 0 Å². The second-order valence-corrected chi connectivity index (χ2v) is 10.3. The van der Waals surface area contributed by atoms with Crippen molar-refractivity contribution >= 4 is 23.7 Å². The second kappa shape index (κ2) is 9.17.